The van der Waals surface area contributed by atoms with Crippen molar-refractivity contribution in [3.63, 3.8) is 0 Å². The number of aliphatic hydroxyl groups is 1. The van der Waals surface area contributed by atoms with Crippen LogP contribution in [0.4, 0.5) is 0 Å². The van der Waals surface area contributed by atoms with Crippen LogP contribution in [0.25, 0.3) is 0 Å². The summed E-state index contributed by atoms with van der Waals surface area (Å²) in [7, 11) is 0. The van der Waals surface area contributed by atoms with Crippen molar-refractivity contribution in [1.82, 2.24) is 0 Å². The van der Waals surface area contributed by atoms with Crippen molar-refractivity contribution in [3.8, 4) is 0 Å². The number of fused-ring (bicyclic) bond motifs is 2. The van der Waals surface area contributed by atoms with Gasteiger partial charge in [0.05, 0.1) is 6.10 Å². The van der Waals surface area contributed by atoms with E-state index in [1.54, 1.807) is 0 Å². The van der Waals surface area contributed by atoms with Gasteiger partial charge in [-0.25, -0.2) is 0 Å². The van der Waals surface area contributed by atoms with Crippen molar-refractivity contribution in [2.45, 2.75) is 29.7 Å². The zero-order valence-corrected chi connectivity index (χ0v) is 10.7. The number of aliphatic hydroxyl groups excluding tert-OH is 1. The van der Waals surface area contributed by atoms with Gasteiger partial charge in [0.2, 0.25) is 0 Å². The average Bonchev–Trinajstić information content (AvgIpc) is 3.14. The molecule has 0 aromatic heterocycles. The van der Waals surface area contributed by atoms with Crippen LogP contribution < -0.4 is 0 Å². The second kappa shape index (κ2) is 2.73. The van der Waals surface area contributed by atoms with E-state index in [1.807, 2.05) is 18.2 Å². The average molecular weight is 279 g/mol. The molecule has 1 aromatic carbocycles. The minimum Gasteiger partial charge on any atom is -0.388 e. The van der Waals surface area contributed by atoms with E-state index < -0.39 is 0 Å². The molecule has 0 radical (unpaired) electrons. The largest absolute Gasteiger partial charge is 0.388 e. The molecule has 3 saturated carbocycles. The summed E-state index contributed by atoms with van der Waals surface area (Å²) < 4.78 is 0.313. The second-order valence-corrected chi connectivity index (χ2v) is 6.86. The molecular formula is C14H15BrO. The molecule has 0 spiro atoms. The molecular weight excluding hydrogens is 264 g/mol. The van der Waals surface area contributed by atoms with Crippen LogP contribution in [0.2, 0.25) is 0 Å². The molecule has 0 saturated heterocycles. The molecule has 84 valence electrons. The van der Waals surface area contributed by atoms with Crippen LogP contribution in [0, 0.1) is 17.3 Å². The number of halogens is 1. The molecule has 0 aliphatic heterocycles. The van der Waals surface area contributed by atoms with Gasteiger partial charge in [0.25, 0.3) is 0 Å². The molecule has 0 bridgehead atoms. The van der Waals surface area contributed by atoms with Gasteiger partial charge in [-0.2, -0.15) is 0 Å². The van der Waals surface area contributed by atoms with E-state index in [9.17, 15) is 5.11 Å². The van der Waals surface area contributed by atoms with Crippen molar-refractivity contribution in [2.24, 2.45) is 17.3 Å². The lowest BCUT2D eigenvalue weighted by Gasteiger charge is -2.29. The Kier molecular flexibility index (Phi) is 1.65. The predicted octanol–water partition coefficient (Wildman–Crippen LogP) is 3.28. The van der Waals surface area contributed by atoms with Crippen molar-refractivity contribution in [1.29, 1.82) is 0 Å². The molecule has 1 aromatic rings. The van der Waals surface area contributed by atoms with E-state index in [1.165, 1.54) is 19.3 Å². The number of hydrogen-bond donors (Lipinski definition) is 1. The molecule has 3 aliphatic carbocycles. The van der Waals surface area contributed by atoms with Crippen LogP contribution in [-0.2, 0) is 0 Å². The summed E-state index contributed by atoms with van der Waals surface area (Å²) in [5.74, 6) is 1.46. The highest BCUT2D eigenvalue weighted by Gasteiger charge is 2.98. The first-order chi connectivity index (χ1) is 7.74. The van der Waals surface area contributed by atoms with Crippen molar-refractivity contribution in [3.05, 3.63) is 35.9 Å². The molecule has 1 N–H and O–H groups in total. The first-order valence-electron chi connectivity index (χ1n) is 6.16. The fraction of sp³-hybridized carbons (Fsp3) is 0.571. The first kappa shape index (κ1) is 9.67. The van der Waals surface area contributed by atoms with E-state index in [4.69, 9.17) is 0 Å². The summed E-state index contributed by atoms with van der Waals surface area (Å²) in [6.07, 6.45) is 3.69. The molecule has 3 fully saturated rings. The monoisotopic (exact) mass is 278 g/mol. The van der Waals surface area contributed by atoms with Crippen LogP contribution in [0.5, 0.6) is 0 Å². The van der Waals surface area contributed by atoms with Crippen LogP contribution >= 0.6 is 15.9 Å². The molecule has 4 rings (SSSR count). The molecule has 0 heterocycles. The van der Waals surface area contributed by atoms with Crippen LogP contribution in [0.1, 0.15) is 30.9 Å². The third-order valence-electron chi connectivity index (χ3n) is 5.22. The lowest BCUT2D eigenvalue weighted by atomic mass is 9.79. The van der Waals surface area contributed by atoms with Gasteiger partial charge >= 0.3 is 0 Å². The van der Waals surface area contributed by atoms with E-state index in [-0.39, 0.29) is 11.5 Å². The van der Waals surface area contributed by atoms with Crippen LogP contribution in [0.15, 0.2) is 30.3 Å². The van der Waals surface area contributed by atoms with Gasteiger partial charge in [-0.05, 0) is 30.2 Å². The Labute approximate surface area is 104 Å². The maximum Gasteiger partial charge on any atom is 0.0866 e. The normalized spacial score (nSPS) is 49.4. The van der Waals surface area contributed by atoms with Gasteiger partial charge in [-0.3, -0.25) is 0 Å². The Balaban J connectivity index is 1.70. The van der Waals surface area contributed by atoms with Gasteiger partial charge < -0.3 is 5.11 Å². The zero-order valence-electron chi connectivity index (χ0n) is 9.07. The number of benzene rings is 1. The SMILES string of the molecule is OC(c1ccccc1)C12C3CCCC1C32Br. The Bertz CT molecular complexity index is 429. The highest BCUT2D eigenvalue weighted by atomic mass is 79.9. The predicted molar refractivity (Wildman–Crippen MR) is 66.3 cm³/mol. The summed E-state index contributed by atoms with van der Waals surface area (Å²) >= 11 is 3.90. The summed E-state index contributed by atoms with van der Waals surface area (Å²) in [6.45, 7) is 0. The Morgan fingerprint density at radius 1 is 1.19 bits per heavy atom. The van der Waals surface area contributed by atoms with E-state index in [2.05, 4.69) is 28.1 Å². The smallest absolute Gasteiger partial charge is 0.0866 e. The van der Waals surface area contributed by atoms with E-state index in [0.29, 0.717) is 4.32 Å². The third-order valence-corrected chi connectivity index (χ3v) is 7.01. The van der Waals surface area contributed by atoms with Crippen molar-refractivity contribution < 1.29 is 5.11 Å². The number of hydrogen-bond acceptors (Lipinski definition) is 1. The number of alkyl halides is 1. The van der Waals surface area contributed by atoms with Gasteiger partial charge in [0, 0.05) is 9.74 Å². The molecule has 3 aliphatic rings. The molecule has 3 unspecified atom stereocenters. The van der Waals surface area contributed by atoms with Gasteiger partial charge in [-0.1, -0.05) is 52.7 Å². The maximum atomic E-state index is 10.6. The standard InChI is InChI=1S/C14H15BrO/c15-14-10-7-4-8-11(14)13(10,14)12(16)9-5-2-1-3-6-9/h1-3,5-6,10-12,16H,4,7-8H2. The van der Waals surface area contributed by atoms with Crippen LogP contribution in [-0.4, -0.2) is 9.43 Å². The molecule has 1 nitrogen and oxygen atoms in total. The zero-order chi connectivity index (χ0) is 11.0. The fourth-order valence-electron chi connectivity index (χ4n) is 4.49. The number of rotatable bonds is 2. The quantitative estimate of drug-likeness (QED) is 0.824. The third kappa shape index (κ3) is 0.790. The second-order valence-electron chi connectivity index (χ2n) is 5.55. The highest BCUT2D eigenvalue weighted by Crippen LogP contribution is 2.98. The fourth-order valence-corrected chi connectivity index (χ4v) is 6.24. The van der Waals surface area contributed by atoms with Gasteiger partial charge in [-0.15, -0.1) is 0 Å². The van der Waals surface area contributed by atoms with E-state index in [0.717, 1.165) is 17.4 Å². The summed E-state index contributed by atoms with van der Waals surface area (Å²) in [6, 6.07) is 10.2. The first-order valence-corrected chi connectivity index (χ1v) is 6.95. The molecule has 0 amide bonds. The van der Waals surface area contributed by atoms with E-state index >= 15 is 0 Å². The molecule has 16 heavy (non-hydrogen) atoms. The van der Waals surface area contributed by atoms with Crippen molar-refractivity contribution >= 4 is 15.9 Å². The van der Waals surface area contributed by atoms with Crippen LogP contribution in [0.3, 0.4) is 0 Å². The lowest BCUT2D eigenvalue weighted by molar-refractivity contribution is 0.0751. The summed E-state index contributed by atoms with van der Waals surface area (Å²) in [5, 5.41) is 10.6. The molecule has 3 atom stereocenters. The van der Waals surface area contributed by atoms with Gasteiger partial charge in [0.15, 0.2) is 0 Å². The Hall–Kier alpha value is -0.340. The lowest BCUT2D eigenvalue weighted by Crippen LogP contribution is -2.23. The Morgan fingerprint density at radius 2 is 1.81 bits per heavy atom. The highest BCUT2D eigenvalue weighted by molar-refractivity contribution is 9.10. The minimum atomic E-state index is -0.261. The van der Waals surface area contributed by atoms with Crippen molar-refractivity contribution in [2.75, 3.05) is 0 Å². The Morgan fingerprint density at radius 3 is 2.38 bits per heavy atom. The topological polar surface area (TPSA) is 20.2 Å². The minimum absolute atomic E-state index is 0.201. The maximum absolute atomic E-state index is 10.6. The summed E-state index contributed by atoms with van der Waals surface area (Å²) in [5.41, 5.74) is 1.30. The summed E-state index contributed by atoms with van der Waals surface area (Å²) in [4.78, 5) is 0. The molecule has 2 heteroatoms. The van der Waals surface area contributed by atoms with Gasteiger partial charge in [0.1, 0.15) is 0 Å².